The summed E-state index contributed by atoms with van der Waals surface area (Å²) in [4.78, 5) is 29.9. The van der Waals surface area contributed by atoms with Gasteiger partial charge in [-0.15, -0.1) is 0 Å². The van der Waals surface area contributed by atoms with E-state index in [2.05, 4.69) is 68.6 Å². The standard InChI is InChI=1S/C32H40N2O3/c1-31(2,3)24-15-13-21(14-16-24)22-11-12-23-19-27(29(35)34-28(30(36)37)32(4,5)6)33-26(25(23)18-22)17-20-9-7-8-10-20/h11-16,18-20,28H,7-10,17H2,1-6H3,(H,34,35)(H,36,37)/t28-/m1/s1. The number of nitrogens with zero attached hydrogens (tertiary/aromatic N) is 1. The fraction of sp³-hybridized carbons (Fsp3) is 0.469. The van der Waals surface area contributed by atoms with Crippen LogP contribution < -0.4 is 5.32 Å². The molecular formula is C32H40N2O3. The van der Waals surface area contributed by atoms with Crippen molar-refractivity contribution in [1.82, 2.24) is 10.3 Å². The molecule has 196 valence electrons. The van der Waals surface area contributed by atoms with Crippen molar-refractivity contribution in [2.45, 2.75) is 85.1 Å². The van der Waals surface area contributed by atoms with Gasteiger partial charge in [-0.2, -0.15) is 0 Å². The lowest BCUT2D eigenvalue weighted by Gasteiger charge is -2.27. The van der Waals surface area contributed by atoms with Crippen molar-refractivity contribution in [1.29, 1.82) is 0 Å². The largest absolute Gasteiger partial charge is 0.480 e. The van der Waals surface area contributed by atoms with Crippen molar-refractivity contribution in [3.63, 3.8) is 0 Å². The third kappa shape index (κ3) is 6.20. The number of hydrogen-bond acceptors (Lipinski definition) is 3. The fourth-order valence-electron chi connectivity index (χ4n) is 5.27. The maximum Gasteiger partial charge on any atom is 0.326 e. The first-order valence-corrected chi connectivity index (χ1v) is 13.4. The van der Waals surface area contributed by atoms with E-state index >= 15 is 0 Å². The van der Waals surface area contributed by atoms with Gasteiger partial charge in [-0.1, -0.05) is 104 Å². The third-order valence-electron chi connectivity index (χ3n) is 7.57. The molecule has 1 fully saturated rings. The van der Waals surface area contributed by atoms with E-state index in [1.807, 2.05) is 0 Å². The van der Waals surface area contributed by atoms with Gasteiger partial charge in [0.2, 0.25) is 0 Å². The lowest BCUT2D eigenvalue weighted by Crippen LogP contribution is -2.49. The third-order valence-corrected chi connectivity index (χ3v) is 7.57. The molecule has 0 saturated heterocycles. The molecule has 0 unspecified atom stereocenters. The predicted octanol–water partition coefficient (Wildman–Crippen LogP) is 7.16. The Morgan fingerprint density at radius 1 is 0.946 bits per heavy atom. The van der Waals surface area contributed by atoms with Crippen LogP contribution in [0.2, 0.25) is 0 Å². The molecule has 3 aromatic rings. The molecule has 4 rings (SSSR count). The number of carbonyl (C=O) groups excluding carboxylic acids is 1. The van der Waals surface area contributed by atoms with E-state index in [1.54, 1.807) is 26.8 Å². The Kier molecular flexibility index (Phi) is 7.45. The van der Waals surface area contributed by atoms with Crippen molar-refractivity contribution >= 4 is 22.6 Å². The van der Waals surface area contributed by atoms with Gasteiger partial charge in [0.05, 0.1) is 0 Å². The highest BCUT2D eigenvalue weighted by atomic mass is 16.4. The summed E-state index contributed by atoms with van der Waals surface area (Å²) < 4.78 is 0. The number of carboxylic acid groups (broad SMARTS) is 1. The van der Waals surface area contributed by atoms with Crippen LogP contribution >= 0.6 is 0 Å². The molecule has 2 N–H and O–H groups in total. The van der Waals surface area contributed by atoms with Crippen molar-refractivity contribution in [2.24, 2.45) is 11.3 Å². The number of aromatic nitrogens is 1. The second-order valence-corrected chi connectivity index (χ2v) is 12.7. The Hall–Kier alpha value is -3.21. The zero-order chi connectivity index (χ0) is 27.0. The first-order chi connectivity index (χ1) is 17.3. The minimum absolute atomic E-state index is 0.101. The van der Waals surface area contributed by atoms with E-state index in [-0.39, 0.29) is 11.1 Å². The molecule has 1 amide bonds. The van der Waals surface area contributed by atoms with Gasteiger partial charge in [0, 0.05) is 11.1 Å². The van der Waals surface area contributed by atoms with E-state index in [4.69, 9.17) is 4.98 Å². The van der Waals surface area contributed by atoms with Crippen LogP contribution in [0.5, 0.6) is 0 Å². The number of hydrogen-bond donors (Lipinski definition) is 2. The number of aliphatic carboxylic acids is 1. The zero-order valence-electron chi connectivity index (χ0n) is 23.0. The van der Waals surface area contributed by atoms with E-state index < -0.39 is 23.3 Å². The minimum Gasteiger partial charge on any atom is -0.480 e. The summed E-state index contributed by atoms with van der Waals surface area (Å²) in [7, 11) is 0. The smallest absolute Gasteiger partial charge is 0.326 e. The number of carboxylic acids is 1. The molecule has 1 aliphatic carbocycles. The summed E-state index contributed by atoms with van der Waals surface area (Å²) in [5.41, 5.74) is 4.25. The number of benzene rings is 2. The van der Waals surface area contributed by atoms with Crippen molar-refractivity contribution in [2.75, 3.05) is 0 Å². The molecule has 1 aromatic heterocycles. The van der Waals surface area contributed by atoms with Crippen LogP contribution in [0.15, 0.2) is 48.5 Å². The summed E-state index contributed by atoms with van der Waals surface area (Å²) >= 11 is 0. The van der Waals surface area contributed by atoms with Gasteiger partial charge in [-0.25, -0.2) is 9.78 Å². The normalized spacial score (nSPS) is 15.6. The monoisotopic (exact) mass is 500 g/mol. The maximum atomic E-state index is 13.2. The van der Waals surface area contributed by atoms with Gasteiger partial charge in [-0.3, -0.25) is 4.79 Å². The number of pyridine rings is 1. The SMILES string of the molecule is CC(C)(C)c1ccc(-c2ccc3cc(C(=O)N[C@H](C(=O)O)C(C)(C)C)nc(CC4CCCC4)c3c2)cc1. The number of nitrogens with one attached hydrogen (secondary N) is 1. The molecule has 0 radical (unpaired) electrons. The van der Waals surface area contributed by atoms with Crippen molar-refractivity contribution in [3.8, 4) is 11.1 Å². The molecule has 5 heteroatoms. The molecule has 0 spiro atoms. The predicted molar refractivity (Wildman–Crippen MR) is 150 cm³/mol. The summed E-state index contributed by atoms with van der Waals surface area (Å²) in [5.74, 6) is -0.932. The molecule has 5 nitrogen and oxygen atoms in total. The van der Waals surface area contributed by atoms with Crippen LogP contribution in [0, 0.1) is 11.3 Å². The molecular weight excluding hydrogens is 460 g/mol. The Labute approximate surface area is 220 Å². The Balaban J connectivity index is 1.73. The Morgan fingerprint density at radius 2 is 1.57 bits per heavy atom. The number of carbonyl (C=O) groups is 2. The van der Waals surface area contributed by atoms with Crippen LogP contribution in [0.1, 0.15) is 89.0 Å². The van der Waals surface area contributed by atoms with Gasteiger partial charge in [0.25, 0.3) is 5.91 Å². The van der Waals surface area contributed by atoms with Crippen molar-refractivity contribution < 1.29 is 14.7 Å². The molecule has 0 aliphatic heterocycles. The van der Waals surface area contributed by atoms with E-state index in [0.29, 0.717) is 5.92 Å². The van der Waals surface area contributed by atoms with Gasteiger partial charge in [0.15, 0.2) is 0 Å². The average Bonchev–Trinajstić information content (AvgIpc) is 3.33. The molecule has 2 aromatic carbocycles. The molecule has 1 saturated carbocycles. The number of amides is 1. The lowest BCUT2D eigenvalue weighted by molar-refractivity contribution is -0.142. The molecule has 1 aliphatic rings. The Bertz CT molecular complexity index is 1290. The van der Waals surface area contributed by atoms with Crippen LogP contribution in [-0.4, -0.2) is 28.0 Å². The molecule has 1 heterocycles. The van der Waals surface area contributed by atoms with Crippen LogP contribution in [-0.2, 0) is 16.6 Å². The first-order valence-electron chi connectivity index (χ1n) is 13.4. The number of rotatable bonds is 6. The second-order valence-electron chi connectivity index (χ2n) is 12.7. The summed E-state index contributed by atoms with van der Waals surface area (Å²) in [6.07, 6.45) is 5.66. The number of fused-ring (bicyclic) bond motifs is 1. The average molecular weight is 501 g/mol. The van der Waals surface area contributed by atoms with E-state index in [1.165, 1.54) is 31.2 Å². The quantitative estimate of drug-likeness (QED) is 0.376. The van der Waals surface area contributed by atoms with Crippen LogP contribution in [0.4, 0.5) is 0 Å². The summed E-state index contributed by atoms with van der Waals surface area (Å²) in [5, 5.41) is 14.4. The second kappa shape index (κ2) is 10.3. The molecule has 37 heavy (non-hydrogen) atoms. The zero-order valence-corrected chi connectivity index (χ0v) is 23.0. The Morgan fingerprint density at radius 3 is 2.14 bits per heavy atom. The van der Waals surface area contributed by atoms with E-state index in [9.17, 15) is 14.7 Å². The molecule has 0 bridgehead atoms. The highest BCUT2D eigenvalue weighted by Gasteiger charge is 2.33. The lowest BCUT2D eigenvalue weighted by atomic mass is 9.86. The van der Waals surface area contributed by atoms with Gasteiger partial charge < -0.3 is 10.4 Å². The topological polar surface area (TPSA) is 79.3 Å². The van der Waals surface area contributed by atoms with Crippen LogP contribution in [0.3, 0.4) is 0 Å². The van der Waals surface area contributed by atoms with Gasteiger partial charge >= 0.3 is 5.97 Å². The fourth-order valence-corrected chi connectivity index (χ4v) is 5.27. The van der Waals surface area contributed by atoms with Crippen molar-refractivity contribution in [3.05, 3.63) is 65.5 Å². The molecule has 1 atom stereocenters. The van der Waals surface area contributed by atoms with E-state index in [0.717, 1.165) is 34.0 Å². The van der Waals surface area contributed by atoms with Crippen LogP contribution in [0.25, 0.3) is 21.9 Å². The highest BCUT2D eigenvalue weighted by Crippen LogP contribution is 2.33. The maximum absolute atomic E-state index is 13.2. The van der Waals surface area contributed by atoms with Gasteiger partial charge in [-0.05, 0) is 57.4 Å². The summed E-state index contributed by atoms with van der Waals surface area (Å²) in [6.45, 7) is 12.1. The summed E-state index contributed by atoms with van der Waals surface area (Å²) in [6, 6.07) is 15.8. The highest BCUT2D eigenvalue weighted by molar-refractivity contribution is 5.99. The first kappa shape index (κ1) is 26.8. The van der Waals surface area contributed by atoms with Gasteiger partial charge in [0.1, 0.15) is 11.7 Å². The minimum atomic E-state index is -1.05.